The Morgan fingerprint density at radius 1 is 1.40 bits per heavy atom. The van der Waals surface area contributed by atoms with Gasteiger partial charge in [0, 0.05) is 0 Å². The molecule has 10 heavy (non-hydrogen) atoms. The smallest absolute Gasteiger partial charge is 0.167 e. The third-order valence-corrected chi connectivity index (χ3v) is 1.06. The number of aliphatic imine (C=N–C) groups is 1. The topological polar surface area (TPSA) is 42.1 Å². The highest BCUT2D eigenvalue weighted by Crippen LogP contribution is 1.92. The fourth-order valence-corrected chi connectivity index (χ4v) is 0.711. The highest BCUT2D eigenvalue weighted by atomic mass is 15.4. The van der Waals surface area contributed by atoms with Crippen LogP contribution in [0.4, 0.5) is 0 Å². The standard InChI is InChI=1S/C6H11N4/c1-5-7-6(9-8-5)4-10(2)3/h4H2,1-3H3. The molecule has 0 bridgehead atoms. The van der Waals surface area contributed by atoms with Gasteiger partial charge in [-0.05, 0) is 21.0 Å². The van der Waals surface area contributed by atoms with Crippen LogP contribution in [0.2, 0.25) is 0 Å². The van der Waals surface area contributed by atoms with Crippen LogP contribution < -0.4 is 5.43 Å². The third kappa shape index (κ3) is 1.80. The summed E-state index contributed by atoms with van der Waals surface area (Å²) < 4.78 is 0. The Kier molecular flexibility index (Phi) is 2.01. The van der Waals surface area contributed by atoms with Gasteiger partial charge in [-0.2, -0.15) is 0 Å². The number of nitrogens with zero attached hydrogens (tertiary/aromatic N) is 4. The average molecular weight is 139 g/mol. The Balaban J connectivity index is 2.44. The number of amidine groups is 2. The third-order valence-electron chi connectivity index (χ3n) is 1.06. The average Bonchev–Trinajstić information content (AvgIpc) is 2.13. The van der Waals surface area contributed by atoms with Crippen molar-refractivity contribution in [2.45, 2.75) is 6.92 Å². The van der Waals surface area contributed by atoms with Gasteiger partial charge < -0.3 is 4.90 Å². The van der Waals surface area contributed by atoms with E-state index in [4.69, 9.17) is 0 Å². The van der Waals surface area contributed by atoms with Crippen LogP contribution in [0, 0.1) is 0 Å². The van der Waals surface area contributed by atoms with Gasteiger partial charge in [0.1, 0.15) is 5.84 Å². The zero-order valence-electron chi connectivity index (χ0n) is 6.50. The number of hydrogen-bond acceptors (Lipinski definition) is 3. The molecule has 0 aromatic rings. The number of hydrogen-bond donors (Lipinski definition) is 0. The van der Waals surface area contributed by atoms with Gasteiger partial charge in [-0.3, -0.25) is 0 Å². The van der Waals surface area contributed by atoms with Gasteiger partial charge in [-0.25, -0.2) is 4.99 Å². The summed E-state index contributed by atoms with van der Waals surface area (Å²) in [6, 6.07) is 0. The number of rotatable bonds is 2. The molecule has 55 valence electrons. The Bertz CT molecular complexity index is 180. The number of likely N-dealkylation sites (N-methyl/N-ethyl adjacent to an activating group) is 1. The van der Waals surface area contributed by atoms with E-state index in [1.807, 2.05) is 25.9 Å². The molecule has 4 heteroatoms. The van der Waals surface area contributed by atoms with Crippen LogP contribution in [0.15, 0.2) is 10.1 Å². The first-order valence-corrected chi connectivity index (χ1v) is 3.16. The SMILES string of the molecule is CC1=NC(CN(C)C)=N[N]1. The largest absolute Gasteiger partial charge is 0.302 e. The molecule has 1 aliphatic rings. The molecule has 0 fully saturated rings. The van der Waals surface area contributed by atoms with Gasteiger partial charge in [-0.15, -0.1) is 10.5 Å². The lowest BCUT2D eigenvalue weighted by Gasteiger charge is -2.04. The van der Waals surface area contributed by atoms with Gasteiger partial charge in [0.2, 0.25) is 0 Å². The molecular weight excluding hydrogens is 128 g/mol. The van der Waals surface area contributed by atoms with Gasteiger partial charge in [-0.1, -0.05) is 0 Å². The Labute approximate surface area is 60.6 Å². The molecule has 0 unspecified atom stereocenters. The van der Waals surface area contributed by atoms with E-state index >= 15 is 0 Å². The molecule has 0 amide bonds. The first kappa shape index (κ1) is 7.21. The van der Waals surface area contributed by atoms with Crippen molar-refractivity contribution in [2.75, 3.05) is 20.6 Å². The van der Waals surface area contributed by atoms with Crippen molar-refractivity contribution in [3.63, 3.8) is 0 Å². The summed E-state index contributed by atoms with van der Waals surface area (Å²) in [5.41, 5.74) is 3.78. The Morgan fingerprint density at radius 3 is 2.50 bits per heavy atom. The van der Waals surface area contributed by atoms with E-state index < -0.39 is 0 Å². The van der Waals surface area contributed by atoms with Gasteiger partial charge in [0.15, 0.2) is 5.84 Å². The lowest BCUT2D eigenvalue weighted by Crippen LogP contribution is -2.19. The Hall–Kier alpha value is -0.900. The zero-order valence-corrected chi connectivity index (χ0v) is 6.50. The normalized spacial score (nSPS) is 16.8. The van der Waals surface area contributed by atoms with Crippen LogP contribution in [0.5, 0.6) is 0 Å². The van der Waals surface area contributed by atoms with E-state index in [0.29, 0.717) is 0 Å². The molecule has 0 spiro atoms. The van der Waals surface area contributed by atoms with E-state index in [-0.39, 0.29) is 0 Å². The molecule has 1 aliphatic heterocycles. The van der Waals surface area contributed by atoms with Gasteiger partial charge in [0.05, 0.1) is 6.54 Å². The quantitative estimate of drug-likeness (QED) is 0.526. The van der Waals surface area contributed by atoms with Crippen LogP contribution in [0.25, 0.3) is 0 Å². The summed E-state index contributed by atoms with van der Waals surface area (Å²) in [5, 5.41) is 3.85. The van der Waals surface area contributed by atoms with E-state index in [0.717, 1.165) is 18.2 Å². The molecule has 4 nitrogen and oxygen atoms in total. The van der Waals surface area contributed by atoms with Crippen LogP contribution in [0.1, 0.15) is 6.92 Å². The highest BCUT2D eigenvalue weighted by molar-refractivity contribution is 6.00. The summed E-state index contributed by atoms with van der Waals surface area (Å²) in [4.78, 5) is 6.10. The van der Waals surface area contributed by atoms with Crippen LogP contribution in [0.3, 0.4) is 0 Å². The predicted molar refractivity (Wildman–Crippen MR) is 41.2 cm³/mol. The van der Waals surface area contributed by atoms with Crippen molar-refractivity contribution in [1.82, 2.24) is 10.3 Å². The lowest BCUT2D eigenvalue weighted by molar-refractivity contribution is 0.468. The molecule has 1 radical (unpaired) electrons. The first-order chi connectivity index (χ1) is 4.68. The summed E-state index contributed by atoms with van der Waals surface area (Å²) in [6.07, 6.45) is 0. The monoisotopic (exact) mass is 139 g/mol. The van der Waals surface area contributed by atoms with Crippen molar-refractivity contribution in [1.29, 1.82) is 0 Å². The minimum absolute atomic E-state index is 0.747. The van der Waals surface area contributed by atoms with Crippen LogP contribution in [-0.2, 0) is 0 Å². The molecule has 1 rings (SSSR count). The maximum atomic E-state index is 4.09. The van der Waals surface area contributed by atoms with E-state index in [1.165, 1.54) is 0 Å². The van der Waals surface area contributed by atoms with Crippen molar-refractivity contribution in [2.24, 2.45) is 10.1 Å². The second-order valence-corrected chi connectivity index (χ2v) is 2.51. The minimum atomic E-state index is 0.747. The summed E-state index contributed by atoms with van der Waals surface area (Å²) in [7, 11) is 3.96. The lowest BCUT2D eigenvalue weighted by atomic mass is 10.5. The molecule has 1 heterocycles. The van der Waals surface area contributed by atoms with E-state index in [1.54, 1.807) is 0 Å². The summed E-state index contributed by atoms with van der Waals surface area (Å²) in [5.74, 6) is 1.54. The van der Waals surface area contributed by atoms with Crippen LogP contribution >= 0.6 is 0 Å². The summed E-state index contributed by atoms with van der Waals surface area (Å²) >= 11 is 0. The van der Waals surface area contributed by atoms with Crippen molar-refractivity contribution >= 4 is 11.7 Å². The zero-order chi connectivity index (χ0) is 7.56. The molecule has 0 atom stereocenters. The van der Waals surface area contributed by atoms with Crippen LogP contribution in [-0.4, -0.2) is 37.2 Å². The van der Waals surface area contributed by atoms with Gasteiger partial charge >= 0.3 is 0 Å². The Morgan fingerprint density at radius 2 is 2.10 bits per heavy atom. The maximum absolute atomic E-state index is 4.09. The summed E-state index contributed by atoms with van der Waals surface area (Å²) in [6.45, 7) is 2.60. The van der Waals surface area contributed by atoms with Crippen molar-refractivity contribution < 1.29 is 0 Å². The molecule has 0 aromatic heterocycles. The molecule has 0 saturated heterocycles. The van der Waals surface area contributed by atoms with E-state index in [2.05, 4.69) is 15.5 Å². The van der Waals surface area contributed by atoms with Crippen molar-refractivity contribution in [3.8, 4) is 0 Å². The first-order valence-electron chi connectivity index (χ1n) is 3.16. The minimum Gasteiger partial charge on any atom is -0.302 e. The highest BCUT2D eigenvalue weighted by Gasteiger charge is 2.07. The van der Waals surface area contributed by atoms with Crippen molar-refractivity contribution in [3.05, 3.63) is 0 Å². The fraction of sp³-hybridized carbons (Fsp3) is 0.667. The second kappa shape index (κ2) is 2.79. The molecule has 0 N–H and O–H groups in total. The molecule has 0 saturated carbocycles. The molecule has 0 aromatic carbocycles. The molecule has 0 aliphatic carbocycles. The predicted octanol–water partition coefficient (Wildman–Crippen LogP) is -0.102. The fourth-order valence-electron chi connectivity index (χ4n) is 0.711. The van der Waals surface area contributed by atoms with E-state index in [9.17, 15) is 0 Å². The second-order valence-electron chi connectivity index (χ2n) is 2.51. The van der Waals surface area contributed by atoms with Gasteiger partial charge in [0.25, 0.3) is 0 Å². The maximum Gasteiger partial charge on any atom is 0.167 e. The molecular formula is C6H11N4.